The van der Waals surface area contributed by atoms with Crippen LogP contribution < -0.4 is 16.8 Å². The van der Waals surface area contributed by atoms with Crippen LogP contribution in [-0.4, -0.2) is 25.0 Å². The zero-order chi connectivity index (χ0) is 9.40. The summed E-state index contributed by atoms with van der Waals surface area (Å²) in [6.07, 6.45) is 0.981. The molecule has 0 aliphatic carbocycles. The van der Waals surface area contributed by atoms with Gasteiger partial charge >= 0.3 is 0 Å². The van der Waals surface area contributed by atoms with Crippen molar-refractivity contribution in [2.24, 2.45) is 21.5 Å². The van der Waals surface area contributed by atoms with Crippen LogP contribution in [0.5, 0.6) is 0 Å². The van der Waals surface area contributed by atoms with E-state index in [-0.39, 0.29) is 5.96 Å². The monoisotopic (exact) mass is 171 g/mol. The molecule has 5 nitrogen and oxygen atoms in total. The molecule has 12 heavy (non-hydrogen) atoms. The Morgan fingerprint density at radius 1 is 1.33 bits per heavy atom. The van der Waals surface area contributed by atoms with Gasteiger partial charge in [0.2, 0.25) is 5.96 Å². The lowest BCUT2D eigenvalue weighted by Gasteiger charge is -2.01. The van der Waals surface area contributed by atoms with Crippen molar-refractivity contribution in [3.63, 3.8) is 0 Å². The predicted molar refractivity (Wildman–Crippen MR) is 52.1 cm³/mol. The molecule has 0 saturated heterocycles. The zero-order valence-electron chi connectivity index (χ0n) is 7.67. The van der Waals surface area contributed by atoms with Crippen LogP contribution in [0, 0.1) is 0 Å². The normalized spacial score (nSPS) is 11.0. The molecule has 0 saturated carbocycles. The molecule has 5 heteroatoms. The highest BCUT2D eigenvalue weighted by Gasteiger charge is 1.92. The third-order valence-corrected chi connectivity index (χ3v) is 1.06. The Kier molecular flexibility index (Phi) is 5.77. The number of guanidine groups is 2. The molecule has 0 atom stereocenters. The van der Waals surface area contributed by atoms with Gasteiger partial charge in [0.15, 0.2) is 5.96 Å². The van der Waals surface area contributed by atoms with Crippen LogP contribution in [0.15, 0.2) is 9.98 Å². The lowest BCUT2D eigenvalue weighted by atomic mass is 10.5. The van der Waals surface area contributed by atoms with Crippen LogP contribution >= 0.6 is 0 Å². The lowest BCUT2D eigenvalue weighted by Crippen LogP contribution is -2.29. The number of nitrogens with two attached hydrogens (primary N) is 2. The lowest BCUT2D eigenvalue weighted by molar-refractivity contribution is 0.888. The Balaban J connectivity index is 4.12. The summed E-state index contributed by atoms with van der Waals surface area (Å²) >= 11 is 0. The van der Waals surface area contributed by atoms with Crippen LogP contribution in [0.2, 0.25) is 0 Å². The van der Waals surface area contributed by atoms with Gasteiger partial charge in [0.25, 0.3) is 0 Å². The first-order valence-corrected chi connectivity index (χ1v) is 4.08. The maximum Gasteiger partial charge on any atom is 0.221 e. The van der Waals surface area contributed by atoms with Gasteiger partial charge in [-0.2, -0.15) is 4.99 Å². The molecule has 0 fully saturated rings. The molecule has 0 bridgehead atoms. The molecule has 0 rings (SSSR count). The number of aliphatic imine (C=N–C) groups is 2. The van der Waals surface area contributed by atoms with E-state index in [1.54, 1.807) is 0 Å². The van der Waals surface area contributed by atoms with Crippen LogP contribution in [0.25, 0.3) is 0 Å². The van der Waals surface area contributed by atoms with E-state index in [9.17, 15) is 0 Å². The van der Waals surface area contributed by atoms with Crippen molar-refractivity contribution in [3.05, 3.63) is 0 Å². The Morgan fingerprint density at radius 2 is 2.00 bits per heavy atom. The largest absolute Gasteiger partial charge is 0.370 e. The van der Waals surface area contributed by atoms with E-state index >= 15 is 0 Å². The highest BCUT2D eigenvalue weighted by molar-refractivity contribution is 5.93. The van der Waals surface area contributed by atoms with Gasteiger partial charge in [0, 0.05) is 13.1 Å². The van der Waals surface area contributed by atoms with Crippen molar-refractivity contribution >= 4 is 11.9 Å². The number of hydrogen-bond acceptors (Lipinski definition) is 1. The highest BCUT2D eigenvalue weighted by atomic mass is 15.2. The molecule has 0 aliphatic rings. The van der Waals surface area contributed by atoms with E-state index in [4.69, 9.17) is 11.5 Å². The molecule has 0 amide bonds. The fourth-order valence-corrected chi connectivity index (χ4v) is 0.629. The second-order valence-corrected chi connectivity index (χ2v) is 2.27. The molecule has 0 aromatic heterocycles. The number of rotatable bonds is 3. The van der Waals surface area contributed by atoms with Crippen molar-refractivity contribution in [1.29, 1.82) is 0 Å². The molecule has 0 aliphatic heterocycles. The van der Waals surface area contributed by atoms with Crippen molar-refractivity contribution in [2.75, 3.05) is 13.1 Å². The third kappa shape index (κ3) is 5.52. The van der Waals surface area contributed by atoms with E-state index in [1.807, 2.05) is 13.8 Å². The fraction of sp³-hybridized carbons (Fsp3) is 0.714. The number of nitrogens with zero attached hydrogens (tertiary/aromatic N) is 2. The minimum Gasteiger partial charge on any atom is -0.370 e. The molecular weight excluding hydrogens is 154 g/mol. The van der Waals surface area contributed by atoms with E-state index in [0.29, 0.717) is 5.96 Å². The third-order valence-electron chi connectivity index (χ3n) is 1.06. The summed E-state index contributed by atoms with van der Waals surface area (Å²) in [6, 6.07) is 0. The molecular formula is C7H17N5. The summed E-state index contributed by atoms with van der Waals surface area (Å²) in [5.41, 5.74) is 10.4. The minimum absolute atomic E-state index is 0.0332. The van der Waals surface area contributed by atoms with Crippen molar-refractivity contribution in [3.8, 4) is 0 Å². The molecule has 70 valence electrons. The summed E-state index contributed by atoms with van der Waals surface area (Å²) in [5, 5.41) is 2.95. The van der Waals surface area contributed by atoms with E-state index in [0.717, 1.165) is 19.5 Å². The van der Waals surface area contributed by atoms with Gasteiger partial charge in [0.1, 0.15) is 0 Å². The highest BCUT2D eigenvalue weighted by Crippen LogP contribution is 1.81. The maximum absolute atomic E-state index is 5.20. The average Bonchev–Trinajstić information content (AvgIpc) is 2.00. The molecule has 0 aromatic carbocycles. The van der Waals surface area contributed by atoms with Crippen LogP contribution in [0.1, 0.15) is 20.3 Å². The Bertz CT molecular complexity index is 169. The van der Waals surface area contributed by atoms with Crippen LogP contribution in [0.4, 0.5) is 0 Å². The van der Waals surface area contributed by atoms with Crippen molar-refractivity contribution in [2.45, 2.75) is 20.3 Å². The average molecular weight is 171 g/mol. The summed E-state index contributed by atoms with van der Waals surface area (Å²) in [7, 11) is 0. The molecule has 0 radical (unpaired) electrons. The summed E-state index contributed by atoms with van der Waals surface area (Å²) < 4.78 is 0. The zero-order valence-corrected chi connectivity index (χ0v) is 7.67. The molecule has 0 heterocycles. The van der Waals surface area contributed by atoms with Gasteiger partial charge in [-0.1, -0.05) is 6.92 Å². The van der Waals surface area contributed by atoms with Crippen LogP contribution in [0.3, 0.4) is 0 Å². The van der Waals surface area contributed by atoms with Crippen molar-refractivity contribution < 1.29 is 0 Å². The molecule has 0 aromatic rings. The fourth-order valence-electron chi connectivity index (χ4n) is 0.629. The first-order valence-electron chi connectivity index (χ1n) is 4.08. The maximum atomic E-state index is 5.20. The van der Waals surface area contributed by atoms with Crippen LogP contribution in [-0.2, 0) is 0 Å². The Morgan fingerprint density at radius 3 is 2.42 bits per heavy atom. The number of nitrogens with one attached hydrogen (secondary N) is 1. The Labute approximate surface area is 72.9 Å². The van der Waals surface area contributed by atoms with E-state index in [1.165, 1.54) is 0 Å². The predicted octanol–water partition coefficient (Wildman–Crippen LogP) is -0.365. The number of hydrogen-bond donors (Lipinski definition) is 3. The molecule has 0 spiro atoms. The van der Waals surface area contributed by atoms with Gasteiger partial charge in [-0.05, 0) is 13.3 Å². The standard InChI is InChI=1S/C7H17N5/c1-3-5-11-7(10-4-2)12-6(8)9/h3-5H2,1-2H3,(H5,8,9,10,11,12). The second-order valence-electron chi connectivity index (χ2n) is 2.27. The van der Waals surface area contributed by atoms with Gasteiger partial charge < -0.3 is 16.8 Å². The van der Waals surface area contributed by atoms with E-state index in [2.05, 4.69) is 15.3 Å². The quantitative estimate of drug-likeness (QED) is 0.400. The molecule has 5 N–H and O–H groups in total. The Hall–Kier alpha value is -1.26. The van der Waals surface area contributed by atoms with Crippen molar-refractivity contribution in [1.82, 2.24) is 5.32 Å². The summed E-state index contributed by atoms with van der Waals surface area (Å²) in [5.74, 6) is 0.546. The summed E-state index contributed by atoms with van der Waals surface area (Å²) in [4.78, 5) is 7.95. The second kappa shape index (κ2) is 6.45. The first-order chi connectivity index (χ1) is 5.70. The van der Waals surface area contributed by atoms with Gasteiger partial charge in [-0.15, -0.1) is 0 Å². The SMILES string of the molecule is CCCN=C(N=C(N)N)NCC. The van der Waals surface area contributed by atoms with E-state index < -0.39 is 0 Å². The first kappa shape index (κ1) is 10.7. The van der Waals surface area contributed by atoms with Gasteiger partial charge in [0.05, 0.1) is 0 Å². The summed E-state index contributed by atoms with van der Waals surface area (Å²) in [6.45, 7) is 5.50. The minimum atomic E-state index is 0.0332. The van der Waals surface area contributed by atoms with Gasteiger partial charge in [-0.25, -0.2) is 0 Å². The van der Waals surface area contributed by atoms with Gasteiger partial charge in [-0.3, -0.25) is 4.99 Å². The smallest absolute Gasteiger partial charge is 0.221 e. The topological polar surface area (TPSA) is 88.8 Å². The molecule has 0 unspecified atom stereocenters.